The zero-order valence-corrected chi connectivity index (χ0v) is 11.8. The molecule has 6 heteroatoms. The summed E-state index contributed by atoms with van der Waals surface area (Å²) in [6.07, 6.45) is 0. The van der Waals surface area contributed by atoms with Gasteiger partial charge in [0.2, 0.25) is 0 Å². The molecular formula is C15H13NO4S. The van der Waals surface area contributed by atoms with E-state index < -0.39 is 5.91 Å². The number of hydrogen-bond acceptors (Lipinski definition) is 5. The summed E-state index contributed by atoms with van der Waals surface area (Å²) in [4.78, 5) is 13.6. The molecule has 4 N–H and O–H groups in total. The summed E-state index contributed by atoms with van der Waals surface area (Å²) >= 11 is 1.39. The fraction of sp³-hybridized carbons (Fsp3) is 0.133. The van der Waals surface area contributed by atoms with Gasteiger partial charge in [-0.05, 0) is 24.3 Å². The molecule has 1 heterocycles. The average Bonchev–Trinajstić information content (AvgIpc) is 2.90. The smallest absolute Gasteiger partial charge is 0.259 e. The number of amides is 1. The van der Waals surface area contributed by atoms with E-state index in [-0.39, 0.29) is 30.2 Å². The Morgan fingerprint density at radius 1 is 1.19 bits per heavy atom. The Kier molecular flexibility index (Phi) is 4.82. The van der Waals surface area contributed by atoms with E-state index in [0.717, 1.165) is 9.75 Å². The highest BCUT2D eigenvalue weighted by atomic mass is 32.1. The molecule has 108 valence electrons. The maximum Gasteiger partial charge on any atom is 0.259 e. The molecule has 0 bridgehead atoms. The van der Waals surface area contributed by atoms with Crippen LogP contribution in [0.5, 0.6) is 11.5 Å². The zero-order chi connectivity index (χ0) is 15.2. The molecule has 0 aliphatic heterocycles. The van der Waals surface area contributed by atoms with Gasteiger partial charge in [0.05, 0.1) is 11.4 Å². The number of aliphatic hydroxyl groups excluding tert-OH is 1. The van der Waals surface area contributed by atoms with Gasteiger partial charge in [-0.3, -0.25) is 4.79 Å². The summed E-state index contributed by atoms with van der Waals surface area (Å²) in [7, 11) is 0. The van der Waals surface area contributed by atoms with Crippen LogP contribution < -0.4 is 5.32 Å². The third kappa shape index (κ3) is 3.75. The number of hydrogen-bond donors (Lipinski definition) is 4. The van der Waals surface area contributed by atoms with Gasteiger partial charge in [-0.25, -0.2) is 0 Å². The lowest BCUT2D eigenvalue weighted by molar-refractivity contribution is 0.0946. The predicted octanol–water partition coefficient (Wildman–Crippen LogP) is 1.43. The van der Waals surface area contributed by atoms with Gasteiger partial charge in [0, 0.05) is 4.88 Å². The first-order chi connectivity index (χ1) is 10.1. The third-order valence-corrected chi connectivity index (χ3v) is 3.62. The van der Waals surface area contributed by atoms with E-state index in [1.165, 1.54) is 29.5 Å². The highest BCUT2D eigenvalue weighted by molar-refractivity contribution is 7.12. The van der Waals surface area contributed by atoms with E-state index in [4.69, 9.17) is 5.11 Å². The van der Waals surface area contributed by atoms with Crippen molar-refractivity contribution in [3.8, 4) is 23.3 Å². The van der Waals surface area contributed by atoms with E-state index in [9.17, 15) is 15.0 Å². The molecule has 0 aliphatic carbocycles. The normalized spacial score (nSPS) is 9.76. The highest BCUT2D eigenvalue weighted by Crippen LogP contribution is 2.26. The summed E-state index contributed by atoms with van der Waals surface area (Å²) in [6.45, 7) is 0.0641. The second-order valence-electron chi connectivity index (χ2n) is 4.08. The summed E-state index contributed by atoms with van der Waals surface area (Å²) in [5.74, 6) is 4.23. The summed E-state index contributed by atoms with van der Waals surface area (Å²) in [6, 6.07) is 7.74. The van der Waals surface area contributed by atoms with Crippen molar-refractivity contribution < 1.29 is 20.1 Å². The fourth-order valence-electron chi connectivity index (χ4n) is 1.68. The van der Waals surface area contributed by atoms with E-state index >= 15 is 0 Å². The van der Waals surface area contributed by atoms with Crippen LogP contribution in [0.2, 0.25) is 0 Å². The number of carbonyl (C=O) groups is 1. The van der Waals surface area contributed by atoms with Gasteiger partial charge in [-0.15, -0.1) is 11.3 Å². The molecule has 0 saturated heterocycles. The predicted molar refractivity (Wildman–Crippen MR) is 79.2 cm³/mol. The molecular weight excluding hydrogens is 290 g/mol. The van der Waals surface area contributed by atoms with Gasteiger partial charge in [-0.1, -0.05) is 17.9 Å². The van der Waals surface area contributed by atoms with E-state index in [0.29, 0.717) is 0 Å². The van der Waals surface area contributed by atoms with Crippen LogP contribution in [0, 0.1) is 11.8 Å². The van der Waals surface area contributed by atoms with Gasteiger partial charge in [0.25, 0.3) is 5.91 Å². The molecule has 1 aromatic heterocycles. The number of rotatable bonds is 3. The zero-order valence-electron chi connectivity index (χ0n) is 11.0. The molecule has 0 aliphatic rings. The highest BCUT2D eigenvalue weighted by Gasteiger charge is 2.15. The molecule has 0 saturated carbocycles. The lowest BCUT2D eigenvalue weighted by atomic mass is 10.1. The monoisotopic (exact) mass is 303 g/mol. The second kappa shape index (κ2) is 6.79. The van der Waals surface area contributed by atoms with Gasteiger partial charge < -0.3 is 20.6 Å². The van der Waals surface area contributed by atoms with Crippen LogP contribution in [-0.2, 0) is 6.54 Å². The molecule has 5 nitrogen and oxygen atoms in total. The SMILES string of the molecule is O=C(NCc1ccc(C#CCO)s1)c1c(O)cccc1O. The number of phenols is 2. The van der Waals surface area contributed by atoms with Crippen molar-refractivity contribution in [2.45, 2.75) is 6.54 Å². The van der Waals surface area contributed by atoms with Gasteiger partial charge >= 0.3 is 0 Å². The van der Waals surface area contributed by atoms with Gasteiger partial charge in [-0.2, -0.15) is 0 Å². The minimum Gasteiger partial charge on any atom is -0.507 e. The molecule has 0 atom stereocenters. The Labute approximate surface area is 125 Å². The van der Waals surface area contributed by atoms with Crippen LogP contribution >= 0.6 is 11.3 Å². The van der Waals surface area contributed by atoms with Crippen molar-refractivity contribution in [2.24, 2.45) is 0 Å². The van der Waals surface area contributed by atoms with Crippen LogP contribution in [0.4, 0.5) is 0 Å². The van der Waals surface area contributed by atoms with Crippen LogP contribution in [0.3, 0.4) is 0 Å². The molecule has 1 amide bonds. The maximum absolute atomic E-state index is 12.0. The molecule has 0 fully saturated rings. The van der Waals surface area contributed by atoms with E-state index in [1.807, 2.05) is 6.07 Å². The second-order valence-corrected chi connectivity index (χ2v) is 5.25. The fourth-order valence-corrected chi connectivity index (χ4v) is 2.51. The van der Waals surface area contributed by atoms with Crippen molar-refractivity contribution in [3.05, 3.63) is 45.6 Å². The molecule has 2 rings (SSSR count). The van der Waals surface area contributed by atoms with Crippen molar-refractivity contribution >= 4 is 17.2 Å². The number of nitrogens with one attached hydrogen (secondary N) is 1. The molecule has 0 radical (unpaired) electrons. The first-order valence-electron chi connectivity index (χ1n) is 6.09. The summed E-state index contributed by atoms with van der Waals surface area (Å²) < 4.78 is 0. The van der Waals surface area contributed by atoms with E-state index in [2.05, 4.69) is 17.2 Å². The Morgan fingerprint density at radius 2 is 1.90 bits per heavy atom. The van der Waals surface area contributed by atoms with E-state index in [1.54, 1.807) is 6.07 Å². The number of aromatic hydroxyl groups is 2. The number of phenolic OH excluding ortho intramolecular Hbond substituents is 2. The molecule has 21 heavy (non-hydrogen) atoms. The van der Waals surface area contributed by atoms with Crippen LogP contribution in [0.25, 0.3) is 0 Å². The van der Waals surface area contributed by atoms with Crippen molar-refractivity contribution in [3.63, 3.8) is 0 Å². The summed E-state index contributed by atoms with van der Waals surface area (Å²) in [5, 5.41) is 30.4. The largest absolute Gasteiger partial charge is 0.507 e. The number of carbonyl (C=O) groups excluding carboxylic acids is 1. The molecule has 0 unspecified atom stereocenters. The topological polar surface area (TPSA) is 89.8 Å². The molecule has 1 aromatic carbocycles. The Balaban J connectivity index is 2.03. The lowest BCUT2D eigenvalue weighted by Gasteiger charge is -2.07. The Bertz CT molecular complexity index is 692. The number of aliphatic hydroxyl groups is 1. The van der Waals surface area contributed by atoms with Crippen LogP contribution in [0.1, 0.15) is 20.1 Å². The lowest BCUT2D eigenvalue weighted by Crippen LogP contribution is -2.22. The average molecular weight is 303 g/mol. The quantitative estimate of drug-likeness (QED) is 0.646. The standard InChI is InChI=1S/C15H13NO4S/c17-8-2-3-10-6-7-11(21-10)9-16-15(20)14-12(18)4-1-5-13(14)19/h1,4-7,17-19H,8-9H2,(H,16,20). The van der Waals surface area contributed by atoms with Crippen LogP contribution in [-0.4, -0.2) is 27.8 Å². The van der Waals surface area contributed by atoms with Crippen molar-refractivity contribution in [1.29, 1.82) is 0 Å². The first-order valence-corrected chi connectivity index (χ1v) is 6.91. The van der Waals surface area contributed by atoms with Crippen molar-refractivity contribution in [2.75, 3.05) is 6.61 Å². The summed E-state index contributed by atoms with van der Waals surface area (Å²) in [5.41, 5.74) is -0.144. The molecule has 2 aromatic rings. The minimum absolute atomic E-state index is 0.144. The third-order valence-electron chi connectivity index (χ3n) is 2.62. The number of thiophene rings is 1. The van der Waals surface area contributed by atoms with Gasteiger partial charge in [0.1, 0.15) is 23.7 Å². The minimum atomic E-state index is -0.554. The Morgan fingerprint density at radius 3 is 2.57 bits per heavy atom. The first kappa shape index (κ1) is 14.9. The maximum atomic E-state index is 12.0. The van der Waals surface area contributed by atoms with Gasteiger partial charge in [0.15, 0.2) is 0 Å². The number of benzene rings is 1. The van der Waals surface area contributed by atoms with Crippen molar-refractivity contribution in [1.82, 2.24) is 5.32 Å². The van der Waals surface area contributed by atoms with Crippen LogP contribution in [0.15, 0.2) is 30.3 Å². The molecule has 0 spiro atoms. The Hall–Kier alpha value is -2.49.